The Morgan fingerprint density at radius 2 is 1.68 bits per heavy atom. The number of rotatable bonds is 3. The average Bonchev–Trinajstić information content (AvgIpc) is 2.56. The van der Waals surface area contributed by atoms with Crippen LogP contribution in [0.15, 0.2) is 51.7 Å². The Morgan fingerprint density at radius 3 is 2.41 bits per heavy atom. The minimum Gasteiger partial charge on any atom is -0.456 e. The SMILES string of the molecule is CCN(CC)C(=O)c1ccc2oc3ccccc3c(=O)c2c1. The maximum Gasteiger partial charge on any atom is 0.253 e. The largest absolute Gasteiger partial charge is 0.456 e. The molecule has 0 aliphatic heterocycles. The van der Waals surface area contributed by atoms with Crippen molar-refractivity contribution >= 4 is 27.8 Å². The molecular weight excluding hydrogens is 278 g/mol. The number of amides is 1. The molecule has 0 bridgehead atoms. The molecular formula is C18H17NO3. The van der Waals surface area contributed by atoms with E-state index in [0.717, 1.165) is 0 Å². The maximum absolute atomic E-state index is 12.6. The Hall–Kier alpha value is -2.62. The van der Waals surface area contributed by atoms with Crippen molar-refractivity contribution in [1.29, 1.82) is 0 Å². The summed E-state index contributed by atoms with van der Waals surface area (Å²) in [4.78, 5) is 26.7. The fraction of sp³-hybridized carbons (Fsp3) is 0.222. The summed E-state index contributed by atoms with van der Waals surface area (Å²) < 4.78 is 5.75. The molecule has 0 radical (unpaired) electrons. The van der Waals surface area contributed by atoms with E-state index in [4.69, 9.17) is 4.42 Å². The van der Waals surface area contributed by atoms with E-state index in [-0.39, 0.29) is 11.3 Å². The minimum atomic E-state index is -0.106. The first-order chi connectivity index (χ1) is 10.7. The first-order valence-corrected chi connectivity index (χ1v) is 7.40. The molecule has 0 atom stereocenters. The average molecular weight is 295 g/mol. The van der Waals surface area contributed by atoms with Gasteiger partial charge < -0.3 is 9.32 Å². The number of benzene rings is 2. The van der Waals surface area contributed by atoms with Crippen LogP contribution in [-0.4, -0.2) is 23.9 Å². The van der Waals surface area contributed by atoms with Crippen molar-refractivity contribution < 1.29 is 9.21 Å². The molecule has 3 rings (SSSR count). The van der Waals surface area contributed by atoms with Crippen LogP contribution in [-0.2, 0) is 0 Å². The third-order valence-corrected chi connectivity index (χ3v) is 3.87. The van der Waals surface area contributed by atoms with Crippen LogP contribution in [0.25, 0.3) is 21.9 Å². The molecule has 1 aromatic heterocycles. The van der Waals surface area contributed by atoms with Crippen LogP contribution in [0.2, 0.25) is 0 Å². The predicted molar refractivity (Wildman–Crippen MR) is 87.2 cm³/mol. The molecule has 1 heterocycles. The van der Waals surface area contributed by atoms with Crippen molar-refractivity contribution in [3.63, 3.8) is 0 Å². The number of nitrogens with zero attached hydrogens (tertiary/aromatic N) is 1. The fourth-order valence-electron chi connectivity index (χ4n) is 2.63. The zero-order valence-electron chi connectivity index (χ0n) is 12.6. The van der Waals surface area contributed by atoms with Crippen LogP contribution >= 0.6 is 0 Å². The van der Waals surface area contributed by atoms with Gasteiger partial charge in [0.05, 0.1) is 10.8 Å². The first kappa shape index (κ1) is 14.3. The Kier molecular flexibility index (Phi) is 3.67. The van der Waals surface area contributed by atoms with Crippen molar-refractivity contribution in [2.75, 3.05) is 13.1 Å². The van der Waals surface area contributed by atoms with Crippen molar-refractivity contribution in [2.45, 2.75) is 13.8 Å². The lowest BCUT2D eigenvalue weighted by Crippen LogP contribution is -2.30. The summed E-state index contributed by atoms with van der Waals surface area (Å²) in [5.74, 6) is -0.0699. The van der Waals surface area contributed by atoms with Gasteiger partial charge in [-0.1, -0.05) is 12.1 Å². The molecule has 0 spiro atoms. The van der Waals surface area contributed by atoms with E-state index in [2.05, 4.69) is 0 Å². The third-order valence-electron chi connectivity index (χ3n) is 3.87. The molecule has 4 nitrogen and oxygen atoms in total. The van der Waals surface area contributed by atoms with E-state index >= 15 is 0 Å². The highest BCUT2D eigenvalue weighted by Crippen LogP contribution is 2.20. The van der Waals surface area contributed by atoms with Crippen molar-refractivity contribution in [3.8, 4) is 0 Å². The molecule has 0 N–H and O–H groups in total. The Bertz CT molecular complexity index is 907. The van der Waals surface area contributed by atoms with Gasteiger partial charge in [-0.15, -0.1) is 0 Å². The number of hydrogen-bond donors (Lipinski definition) is 0. The highest BCUT2D eigenvalue weighted by molar-refractivity contribution is 5.99. The summed E-state index contributed by atoms with van der Waals surface area (Å²) in [6.45, 7) is 5.15. The topological polar surface area (TPSA) is 50.5 Å². The van der Waals surface area contributed by atoms with Gasteiger partial charge in [0.15, 0.2) is 0 Å². The van der Waals surface area contributed by atoms with Gasteiger partial charge >= 0.3 is 0 Å². The molecule has 3 aromatic rings. The van der Waals surface area contributed by atoms with Gasteiger partial charge in [0.25, 0.3) is 5.91 Å². The van der Waals surface area contributed by atoms with E-state index < -0.39 is 0 Å². The van der Waals surface area contributed by atoms with E-state index in [9.17, 15) is 9.59 Å². The Balaban J connectivity index is 2.21. The van der Waals surface area contributed by atoms with Gasteiger partial charge in [-0.05, 0) is 44.2 Å². The minimum absolute atomic E-state index is 0.0699. The van der Waals surface area contributed by atoms with Gasteiger partial charge in [0, 0.05) is 18.7 Å². The monoisotopic (exact) mass is 295 g/mol. The summed E-state index contributed by atoms with van der Waals surface area (Å²) in [5.41, 5.74) is 1.47. The van der Waals surface area contributed by atoms with E-state index in [1.165, 1.54) is 0 Å². The molecule has 4 heteroatoms. The molecule has 22 heavy (non-hydrogen) atoms. The molecule has 112 valence electrons. The lowest BCUT2D eigenvalue weighted by Gasteiger charge is -2.18. The summed E-state index contributed by atoms with van der Waals surface area (Å²) in [7, 11) is 0. The van der Waals surface area contributed by atoms with Crippen LogP contribution in [0.3, 0.4) is 0 Å². The summed E-state index contributed by atoms with van der Waals surface area (Å²) in [6, 6.07) is 12.2. The standard InChI is InChI=1S/C18H17NO3/c1-3-19(4-2)18(21)12-9-10-16-14(11-12)17(20)13-7-5-6-8-15(13)22-16/h5-11H,3-4H2,1-2H3. The summed E-state index contributed by atoms with van der Waals surface area (Å²) >= 11 is 0. The second-order valence-electron chi connectivity index (χ2n) is 5.12. The van der Waals surface area contributed by atoms with Crippen LogP contribution in [0, 0.1) is 0 Å². The maximum atomic E-state index is 12.6. The summed E-state index contributed by atoms with van der Waals surface area (Å²) in [5, 5.41) is 0.971. The second-order valence-corrected chi connectivity index (χ2v) is 5.12. The molecule has 0 fully saturated rings. The highest BCUT2D eigenvalue weighted by Gasteiger charge is 2.15. The lowest BCUT2D eigenvalue weighted by molar-refractivity contribution is 0.0773. The Labute approximate surface area is 128 Å². The van der Waals surface area contributed by atoms with Gasteiger partial charge in [0.2, 0.25) is 5.43 Å². The van der Waals surface area contributed by atoms with E-state index in [1.54, 1.807) is 41.3 Å². The molecule has 2 aromatic carbocycles. The second kappa shape index (κ2) is 5.64. The lowest BCUT2D eigenvalue weighted by atomic mass is 10.1. The number of fused-ring (bicyclic) bond motifs is 2. The number of para-hydroxylation sites is 1. The van der Waals surface area contributed by atoms with Gasteiger partial charge in [-0.3, -0.25) is 9.59 Å². The molecule has 0 unspecified atom stereocenters. The molecule has 0 saturated heterocycles. The van der Waals surface area contributed by atoms with E-state index in [0.29, 0.717) is 40.6 Å². The Morgan fingerprint density at radius 1 is 1.00 bits per heavy atom. The molecule has 0 aliphatic rings. The van der Waals surface area contributed by atoms with Crippen LogP contribution in [0.1, 0.15) is 24.2 Å². The fourth-order valence-corrected chi connectivity index (χ4v) is 2.63. The molecule has 1 amide bonds. The number of carbonyl (C=O) groups is 1. The van der Waals surface area contributed by atoms with Crippen molar-refractivity contribution in [2.24, 2.45) is 0 Å². The number of carbonyl (C=O) groups excluding carboxylic acids is 1. The van der Waals surface area contributed by atoms with Crippen LogP contribution in [0.5, 0.6) is 0 Å². The zero-order valence-corrected chi connectivity index (χ0v) is 12.6. The predicted octanol–water partition coefficient (Wildman–Crippen LogP) is 3.43. The van der Waals surface area contributed by atoms with Crippen LogP contribution in [0.4, 0.5) is 0 Å². The third kappa shape index (κ3) is 2.26. The normalized spacial score (nSPS) is 11.0. The zero-order chi connectivity index (χ0) is 15.7. The van der Waals surface area contributed by atoms with E-state index in [1.807, 2.05) is 19.9 Å². The summed E-state index contributed by atoms with van der Waals surface area (Å²) in [6.07, 6.45) is 0. The van der Waals surface area contributed by atoms with Gasteiger partial charge in [-0.25, -0.2) is 0 Å². The molecule has 0 saturated carbocycles. The highest BCUT2D eigenvalue weighted by atomic mass is 16.3. The number of hydrogen-bond acceptors (Lipinski definition) is 3. The molecule has 0 aliphatic carbocycles. The quantitative estimate of drug-likeness (QED) is 0.696. The van der Waals surface area contributed by atoms with Crippen molar-refractivity contribution in [3.05, 3.63) is 58.3 Å². The van der Waals surface area contributed by atoms with Gasteiger partial charge in [-0.2, -0.15) is 0 Å². The van der Waals surface area contributed by atoms with Gasteiger partial charge in [0.1, 0.15) is 11.2 Å². The van der Waals surface area contributed by atoms with Crippen LogP contribution < -0.4 is 5.43 Å². The smallest absolute Gasteiger partial charge is 0.253 e. The first-order valence-electron chi connectivity index (χ1n) is 7.40. The van der Waals surface area contributed by atoms with Crippen molar-refractivity contribution in [1.82, 2.24) is 4.90 Å².